The summed E-state index contributed by atoms with van der Waals surface area (Å²) in [5, 5.41) is 46.2. The largest absolute Gasteiger partial charge is 0.550 e. The Balaban J connectivity index is -0.000000161. The Hall–Kier alpha value is -6.32. The summed E-state index contributed by atoms with van der Waals surface area (Å²) in [5.74, 6) is -2.47. The fourth-order valence-electron chi connectivity index (χ4n) is 6.02. The van der Waals surface area contributed by atoms with Crippen LogP contribution >= 0.6 is 0 Å². The van der Waals surface area contributed by atoms with Gasteiger partial charge >= 0.3 is 17.9 Å². The molecule has 69 heavy (non-hydrogen) atoms. The number of esters is 3. The molecule has 0 radical (unpaired) electrons. The molecule has 5 aliphatic carbocycles. The fourth-order valence-corrected chi connectivity index (χ4v) is 6.02. The SMILES string of the molecule is C1C2CC3CC1CC(C2)C3.C1CCCCC1.C=C(C)C.C=C(C)C(=O)OC.C=C(C)C(=O)OC.C=C(C)C(=O)OCC(=O)[O-].C=C(C)C(=O)[O-].CC(=O)[O-].CC(=O)[O-].CCC(=O)[O-].c1ccccc1. The van der Waals surface area contributed by atoms with E-state index in [1.54, 1.807) is 52.4 Å². The van der Waals surface area contributed by atoms with Gasteiger partial charge in [-0.15, -0.1) is 6.58 Å². The lowest BCUT2D eigenvalue weighted by atomic mass is 9.56. The van der Waals surface area contributed by atoms with Crippen molar-refractivity contribution in [2.45, 2.75) is 146 Å². The molecular weight excluding hydrogens is 893 g/mol. The Bertz CT molecular complexity index is 1500. The van der Waals surface area contributed by atoms with E-state index in [9.17, 15) is 44.1 Å². The molecule has 6 rings (SSSR count). The Morgan fingerprint density at radius 2 is 0.623 bits per heavy atom. The minimum Gasteiger partial charge on any atom is -0.550 e. The van der Waals surface area contributed by atoms with Crippen LogP contribution in [-0.2, 0) is 52.6 Å². The molecule has 0 saturated heterocycles. The van der Waals surface area contributed by atoms with E-state index in [1.165, 1.54) is 103 Å². The zero-order valence-electron chi connectivity index (χ0n) is 43.2. The van der Waals surface area contributed by atoms with Crippen molar-refractivity contribution in [1.82, 2.24) is 0 Å². The van der Waals surface area contributed by atoms with Crippen molar-refractivity contribution in [2.24, 2.45) is 23.7 Å². The van der Waals surface area contributed by atoms with Gasteiger partial charge in [0.05, 0.1) is 26.2 Å². The predicted octanol–water partition coefficient (Wildman–Crippen LogP) is 4.74. The highest BCUT2D eigenvalue weighted by Crippen LogP contribution is 2.53. The van der Waals surface area contributed by atoms with Gasteiger partial charge in [-0.1, -0.05) is 114 Å². The summed E-state index contributed by atoms with van der Waals surface area (Å²) in [4.78, 5) is 77.0. The number of methoxy groups -OCH3 is 2. The van der Waals surface area contributed by atoms with E-state index in [-0.39, 0.29) is 29.5 Å². The van der Waals surface area contributed by atoms with Gasteiger partial charge in [0.2, 0.25) is 0 Å². The zero-order chi connectivity index (χ0) is 55.1. The predicted molar refractivity (Wildman–Crippen MR) is 257 cm³/mol. The topological polar surface area (TPSA) is 280 Å². The number of ether oxygens (including phenoxy) is 3. The lowest BCUT2D eigenvalue weighted by Crippen LogP contribution is -2.38. The number of hydrogen-bond donors (Lipinski definition) is 0. The van der Waals surface area contributed by atoms with Gasteiger partial charge in [-0.25, -0.2) is 14.4 Å². The van der Waals surface area contributed by atoms with Crippen molar-refractivity contribution < 1.29 is 78.1 Å². The molecule has 5 fully saturated rings. The van der Waals surface area contributed by atoms with Crippen LogP contribution in [0.2, 0.25) is 0 Å². The zero-order valence-corrected chi connectivity index (χ0v) is 43.2. The minimum atomic E-state index is -1.42. The molecule has 0 heterocycles. The Labute approximate surface area is 412 Å². The number of carbonyl (C=O) groups excluding carboxylic acids is 8. The van der Waals surface area contributed by atoms with E-state index in [1.807, 2.05) is 50.2 Å². The highest BCUT2D eigenvalue weighted by atomic mass is 16.6. The number of hydrogen-bond acceptors (Lipinski definition) is 16. The van der Waals surface area contributed by atoms with Gasteiger partial charge in [0.25, 0.3) is 0 Å². The molecule has 1 aromatic rings. The second-order valence-electron chi connectivity index (χ2n) is 16.4. The van der Waals surface area contributed by atoms with Crippen molar-refractivity contribution in [2.75, 3.05) is 20.8 Å². The van der Waals surface area contributed by atoms with Crippen LogP contribution in [0.4, 0.5) is 0 Å². The van der Waals surface area contributed by atoms with Crippen LogP contribution in [0, 0.1) is 23.7 Å². The van der Waals surface area contributed by atoms with Gasteiger partial charge in [0.1, 0.15) is 6.61 Å². The quantitative estimate of drug-likeness (QED) is 0.154. The van der Waals surface area contributed by atoms with Crippen LogP contribution in [-0.4, -0.2) is 68.6 Å². The Morgan fingerprint density at radius 1 is 0.435 bits per heavy atom. The highest BCUT2D eigenvalue weighted by Gasteiger charge is 2.41. The maximum absolute atomic E-state index is 10.4. The smallest absolute Gasteiger partial charge is 0.333 e. The van der Waals surface area contributed by atoms with Gasteiger partial charge in [0.15, 0.2) is 0 Å². The summed E-state index contributed by atoms with van der Waals surface area (Å²) in [7, 11) is 2.66. The Kier molecular flexibility index (Phi) is 53.3. The third kappa shape index (κ3) is 68.4. The van der Waals surface area contributed by atoms with Crippen LogP contribution in [0.25, 0.3) is 0 Å². The average Bonchev–Trinajstić information content (AvgIpc) is 3.26. The van der Waals surface area contributed by atoms with Crippen LogP contribution in [0.15, 0.2) is 97.2 Å². The third-order valence-corrected chi connectivity index (χ3v) is 8.54. The molecule has 394 valence electrons. The molecule has 0 aromatic heterocycles. The first-order valence-corrected chi connectivity index (χ1v) is 22.5. The number of carboxylic acid groups (broad SMARTS) is 5. The van der Waals surface area contributed by atoms with Gasteiger partial charge in [-0.2, -0.15) is 0 Å². The average molecular weight is 974 g/mol. The molecule has 0 amide bonds. The van der Waals surface area contributed by atoms with Crippen LogP contribution in [0.3, 0.4) is 0 Å². The first-order chi connectivity index (χ1) is 31.9. The summed E-state index contributed by atoms with van der Waals surface area (Å²) in [6.45, 7) is 29.3. The van der Waals surface area contributed by atoms with E-state index in [2.05, 4.69) is 47.1 Å². The molecule has 0 unspecified atom stereocenters. The van der Waals surface area contributed by atoms with Crippen LogP contribution in [0.5, 0.6) is 0 Å². The van der Waals surface area contributed by atoms with Gasteiger partial charge in [-0.3, -0.25) is 0 Å². The molecule has 16 nitrogen and oxygen atoms in total. The van der Waals surface area contributed by atoms with Crippen molar-refractivity contribution in [3.8, 4) is 0 Å². The second kappa shape index (κ2) is 49.6. The van der Waals surface area contributed by atoms with Crippen LogP contribution < -0.4 is 25.5 Å². The van der Waals surface area contributed by atoms with Gasteiger partial charge in [0, 0.05) is 34.6 Å². The number of benzene rings is 1. The summed E-state index contributed by atoms with van der Waals surface area (Å²) < 4.78 is 12.7. The van der Waals surface area contributed by atoms with E-state index in [4.69, 9.17) is 19.8 Å². The van der Waals surface area contributed by atoms with Crippen molar-refractivity contribution in [3.63, 3.8) is 0 Å². The standard InChI is InChI=1S/C10H16.C6H8O4.C6H12.C6H6.2C5H8O2.C4H6O2.C4H8.C3H6O2.2C2H4O2/c1-7-2-9-4-8(1)5-10(3-7)6-9;1-4(2)6(9)10-3-5(7)8;2*1-2-4-6-5-3-1;2*1-4(2)5(6)7-3;1-3(2)4(5)6;1-4(2)3;1-2-3(4)5;2*1-2(3)4/h7-10H,1-6H2;1,3H2,2H3,(H,7,8);1-6H2;1-6H;2*1H2,2-3H3;1H2,2H3,(H,5,6);1H2,2-3H3;2H2,1H3,(H,4,5);2*1H3,(H,3,4)/p-5. The molecule has 5 aliphatic rings. The lowest BCUT2D eigenvalue weighted by molar-refractivity contribution is -0.309. The van der Waals surface area contributed by atoms with Gasteiger partial charge in [-0.05, 0) is 130 Å². The number of aliphatic carboxylic acids is 5. The minimum absolute atomic E-state index is 0.0648. The molecule has 1 aromatic carbocycles. The molecule has 5 saturated carbocycles. The van der Waals surface area contributed by atoms with E-state index < -0.39 is 42.4 Å². The lowest BCUT2D eigenvalue weighted by Gasteiger charge is -2.49. The maximum Gasteiger partial charge on any atom is 0.333 e. The number of carbonyl (C=O) groups is 8. The number of carboxylic acids is 5. The molecule has 0 atom stereocenters. The molecule has 16 heteroatoms. The van der Waals surface area contributed by atoms with E-state index in [0.717, 1.165) is 13.8 Å². The van der Waals surface area contributed by atoms with Crippen molar-refractivity contribution in [1.29, 1.82) is 0 Å². The molecule has 0 spiro atoms. The first-order valence-electron chi connectivity index (χ1n) is 22.5. The summed E-state index contributed by atoms with van der Waals surface area (Å²) in [6, 6.07) is 12.0. The first kappa shape index (κ1) is 74.2. The maximum atomic E-state index is 10.4. The molecular formula is C53H81O16-5. The summed E-state index contributed by atoms with van der Waals surface area (Å²) in [6.07, 6.45) is 18.7. The van der Waals surface area contributed by atoms with E-state index >= 15 is 0 Å². The number of allylic oxidation sites excluding steroid dienone is 1. The molecule has 0 N–H and O–H groups in total. The fraction of sp³-hybridized carbons (Fsp3) is 0.547. The summed E-state index contributed by atoms with van der Waals surface area (Å²) >= 11 is 0. The van der Waals surface area contributed by atoms with Crippen molar-refractivity contribution >= 4 is 47.8 Å². The highest BCUT2D eigenvalue weighted by molar-refractivity contribution is 5.88. The number of rotatable bonds is 7. The molecule has 0 aliphatic heterocycles. The van der Waals surface area contributed by atoms with Gasteiger partial charge < -0.3 is 63.7 Å². The van der Waals surface area contributed by atoms with Crippen LogP contribution in [0.1, 0.15) is 146 Å². The summed E-state index contributed by atoms with van der Waals surface area (Å²) in [5.41, 5.74) is 2.27. The monoisotopic (exact) mass is 974 g/mol. The normalized spacial score (nSPS) is 16.2. The van der Waals surface area contributed by atoms with E-state index in [0.29, 0.717) is 11.1 Å². The Morgan fingerprint density at radius 3 is 0.725 bits per heavy atom. The van der Waals surface area contributed by atoms with Crippen molar-refractivity contribution in [3.05, 3.63) is 97.2 Å². The second-order valence-corrected chi connectivity index (χ2v) is 16.4. The third-order valence-electron chi connectivity index (χ3n) is 8.54. The molecule has 4 bridgehead atoms.